The minimum Gasteiger partial charge on any atom is -0.489 e. The number of carbonyl (C=O) groups is 1. The molecule has 5 heteroatoms. The fraction of sp³-hybridized carbons (Fsp3) is 0.162. The minimum absolute atomic E-state index is 0.126. The third kappa shape index (κ3) is 5.86. The summed E-state index contributed by atoms with van der Waals surface area (Å²) in [6, 6.07) is 35.8. The maximum atomic E-state index is 14.0. The quantitative estimate of drug-likeness (QED) is 0.171. The molecule has 208 valence electrons. The zero-order valence-electron chi connectivity index (χ0n) is 23.7. The van der Waals surface area contributed by atoms with E-state index in [9.17, 15) is 4.79 Å². The third-order valence-electron chi connectivity index (χ3n) is 7.78. The van der Waals surface area contributed by atoms with Gasteiger partial charge in [0, 0.05) is 35.0 Å². The highest BCUT2D eigenvalue weighted by atomic mass is 16.5. The highest BCUT2D eigenvalue weighted by Gasteiger charge is 2.26. The van der Waals surface area contributed by atoms with E-state index in [-0.39, 0.29) is 17.6 Å². The maximum absolute atomic E-state index is 14.0. The molecule has 2 heterocycles. The summed E-state index contributed by atoms with van der Waals surface area (Å²) in [7, 11) is 0. The monoisotopic (exact) mass is 552 g/mol. The topological polar surface area (TPSA) is 61.3 Å². The molecule has 6 rings (SSSR count). The van der Waals surface area contributed by atoms with E-state index in [2.05, 4.69) is 9.97 Å². The Morgan fingerprint density at radius 1 is 0.595 bits per heavy atom. The summed E-state index contributed by atoms with van der Waals surface area (Å²) in [6.45, 7) is 4.89. The Labute approximate surface area is 245 Å². The van der Waals surface area contributed by atoms with Crippen molar-refractivity contribution in [1.29, 1.82) is 0 Å². The van der Waals surface area contributed by atoms with E-state index in [0.717, 1.165) is 55.6 Å². The standard InChI is InChI=1S/C37H32N2O3/c1-25(31-17-19-38-35-15-13-29(21-33(31)35)41-23-27-9-5-3-6-10-27)37(40)26(2)32-18-20-39-36-16-14-30(22-34(32)36)42-24-28-11-7-4-8-12-28/h3-22,25-26H,23-24H2,1-2H3. The van der Waals surface area contributed by atoms with Crippen LogP contribution >= 0.6 is 0 Å². The fourth-order valence-electron chi connectivity index (χ4n) is 5.39. The van der Waals surface area contributed by atoms with Gasteiger partial charge in [-0.25, -0.2) is 0 Å². The number of hydrogen-bond donors (Lipinski definition) is 0. The van der Waals surface area contributed by atoms with Crippen molar-refractivity contribution in [2.24, 2.45) is 0 Å². The van der Waals surface area contributed by atoms with Crippen LogP contribution in [-0.2, 0) is 18.0 Å². The Hall–Kier alpha value is -5.03. The summed E-state index contributed by atoms with van der Waals surface area (Å²) in [5.74, 6) is 0.917. The van der Waals surface area contributed by atoms with Gasteiger partial charge in [-0.15, -0.1) is 0 Å². The van der Waals surface area contributed by atoms with Crippen LogP contribution in [0, 0.1) is 0 Å². The second-order valence-corrected chi connectivity index (χ2v) is 10.6. The first-order valence-corrected chi connectivity index (χ1v) is 14.2. The maximum Gasteiger partial charge on any atom is 0.147 e. The predicted molar refractivity (Wildman–Crippen MR) is 167 cm³/mol. The van der Waals surface area contributed by atoms with Gasteiger partial charge in [0.15, 0.2) is 0 Å². The number of benzene rings is 4. The Morgan fingerprint density at radius 3 is 1.45 bits per heavy atom. The van der Waals surface area contributed by atoms with Crippen LogP contribution < -0.4 is 9.47 Å². The third-order valence-corrected chi connectivity index (χ3v) is 7.78. The summed E-state index contributed by atoms with van der Waals surface area (Å²) in [6.07, 6.45) is 3.55. The number of ketones is 1. The second-order valence-electron chi connectivity index (χ2n) is 10.6. The molecule has 0 radical (unpaired) electrons. The first kappa shape index (κ1) is 27.2. The molecule has 0 amide bonds. The van der Waals surface area contributed by atoms with Gasteiger partial charge in [0.05, 0.1) is 11.0 Å². The van der Waals surface area contributed by atoms with Crippen molar-refractivity contribution in [3.8, 4) is 11.5 Å². The number of fused-ring (bicyclic) bond motifs is 2. The molecule has 2 atom stereocenters. The minimum atomic E-state index is -0.351. The van der Waals surface area contributed by atoms with Gasteiger partial charge in [-0.1, -0.05) is 74.5 Å². The number of Topliss-reactive ketones (excluding diaryl/α,β-unsaturated/α-hetero) is 1. The molecule has 2 unspecified atom stereocenters. The average Bonchev–Trinajstić information content (AvgIpc) is 3.05. The summed E-state index contributed by atoms with van der Waals surface area (Å²) in [5.41, 5.74) is 5.74. The van der Waals surface area contributed by atoms with Crippen molar-refractivity contribution in [1.82, 2.24) is 9.97 Å². The number of aromatic nitrogens is 2. The lowest BCUT2D eigenvalue weighted by Gasteiger charge is -2.20. The lowest BCUT2D eigenvalue weighted by molar-refractivity contribution is -0.121. The second kappa shape index (κ2) is 12.2. The molecule has 0 saturated heterocycles. The number of nitrogens with zero attached hydrogens (tertiary/aromatic N) is 2. The van der Waals surface area contributed by atoms with E-state index >= 15 is 0 Å². The van der Waals surface area contributed by atoms with E-state index in [1.165, 1.54) is 0 Å². The number of ether oxygens (including phenoxy) is 2. The lowest BCUT2D eigenvalue weighted by atomic mass is 9.83. The first-order chi connectivity index (χ1) is 20.6. The Balaban J connectivity index is 1.25. The van der Waals surface area contributed by atoms with Crippen molar-refractivity contribution in [2.45, 2.75) is 38.9 Å². The smallest absolute Gasteiger partial charge is 0.147 e. The summed E-state index contributed by atoms with van der Waals surface area (Å²) < 4.78 is 12.2. The zero-order chi connectivity index (χ0) is 28.9. The zero-order valence-corrected chi connectivity index (χ0v) is 23.7. The van der Waals surface area contributed by atoms with Gasteiger partial charge >= 0.3 is 0 Å². The van der Waals surface area contributed by atoms with Crippen LogP contribution in [-0.4, -0.2) is 15.8 Å². The van der Waals surface area contributed by atoms with E-state index < -0.39 is 0 Å². The van der Waals surface area contributed by atoms with Crippen LogP contribution in [0.1, 0.15) is 47.9 Å². The van der Waals surface area contributed by atoms with Crippen molar-refractivity contribution < 1.29 is 14.3 Å². The molecule has 0 aliphatic carbocycles. The van der Waals surface area contributed by atoms with Gasteiger partial charge in [-0.3, -0.25) is 14.8 Å². The van der Waals surface area contributed by atoms with Gasteiger partial charge in [-0.05, 0) is 70.8 Å². The molecule has 0 fully saturated rings. The highest BCUT2D eigenvalue weighted by molar-refractivity contribution is 5.98. The van der Waals surface area contributed by atoms with Crippen LogP contribution in [0.15, 0.2) is 122 Å². The van der Waals surface area contributed by atoms with Gasteiger partial charge in [0.2, 0.25) is 0 Å². The van der Waals surface area contributed by atoms with Crippen molar-refractivity contribution in [3.05, 3.63) is 144 Å². The summed E-state index contributed by atoms with van der Waals surface area (Å²) in [5, 5.41) is 1.85. The summed E-state index contributed by atoms with van der Waals surface area (Å²) >= 11 is 0. The fourth-order valence-corrected chi connectivity index (χ4v) is 5.39. The van der Waals surface area contributed by atoms with Crippen LogP contribution in [0.25, 0.3) is 21.8 Å². The largest absolute Gasteiger partial charge is 0.489 e. The number of pyridine rings is 2. The van der Waals surface area contributed by atoms with E-state index in [4.69, 9.17) is 9.47 Å². The van der Waals surface area contributed by atoms with Gasteiger partial charge in [-0.2, -0.15) is 0 Å². The van der Waals surface area contributed by atoms with Crippen LogP contribution in [0.4, 0.5) is 0 Å². The molecule has 0 saturated carbocycles. The molecule has 0 bridgehead atoms. The lowest BCUT2D eigenvalue weighted by Crippen LogP contribution is -2.17. The van der Waals surface area contributed by atoms with Gasteiger partial charge < -0.3 is 9.47 Å². The normalized spacial score (nSPS) is 12.6. The molecule has 6 aromatic rings. The molecule has 5 nitrogen and oxygen atoms in total. The van der Waals surface area contributed by atoms with Crippen LogP contribution in [0.3, 0.4) is 0 Å². The van der Waals surface area contributed by atoms with E-state index in [1.807, 2.05) is 123 Å². The summed E-state index contributed by atoms with van der Waals surface area (Å²) in [4.78, 5) is 23.1. The first-order valence-electron chi connectivity index (χ1n) is 14.2. The van der Waals surface area contributed by atoms with Crippen LogP contribution in [0.5, 0.6) is 11.5 Å². The molecule has 2 aromatic heterocycles. The molecule has 0 aliphatic rings. The molecule has 0 N–H and O–H groups in total. The van der Waals surface area contributed by atoms with Crippen molar-refractivity contribution in [2.75, 3.05) is 0 Å². The Bertz CT molecular complexity index is 1700. The Morgan fingerprint density at radius 2 is 1.02 bits per heavy atom. The van der Waals surface area contributed by atoms with Crippen molar-refractivity contribution in [3.63, 3.8) is 0 Å². The Kier molecular flexibility index (Phi) is 7.91. The number of carbonyl (C=O) groups excluding carboxylic acids is 1. The molecular weight excluding hydrogens is 520 g/mol. The predicted octanol–water partition coefficient (Wildman–Crippen LogP) is 8.42. The molecule has 0 spiro atoms. The van der Waals surface area contributed by atoms with Gasteiger partial charge in [0.25, 0.3) is 0 Å². The van der Waals surface area contributed by atoms with Crippen molar-refractivity contribution >= 4 is 27.6 Å². The van der Waals surface area contributed by atoms with Gasteiger partial charge in [0.1, 0.15) is 30.5 Å². The molecule has 42 heavy (non-hydrogen) atoms. The molecular formula is C37H32N2O3. The number of hydrogen-bond acceptors (Lipinski definition) is 5. The SMILES string of the molecule is CC(C(=O)C(C)c1ccnc2ccc(OCc3ccccc3)cc12)c1ccnc2ccc(OCc3ccccc3)cc12. The highest BCUT2D eigenvalue weighted by Crippen LogP contribution is 2.35. The van der Waals surface area contributed by atoms with E-state index in [0.29, 0.717) is 13.2 Å². The molecule has 4 aromatic carbocycles. The molecule has 0 aliphatic heterocycles. The average molecular weight is 553 g/mol. The van der Waals surface area contributed by atoms with Crippen LogP contribution in [0.2, 0.25) is 0 Å². The number of rotatable bonds is 10. The van der Waals surface area contributed by atoms with E-state index in [1.54, 1.807) is 12.4 Å².